The van der Waals surface area contributed by atoms with Gasteiger partial charge in [0.2, 0.25) is 5.91 Å². The average molecular weight is 319 g/mol. The van der Waals surface area contributed by atoms with Crippen LogP contribution in [0.4, 0.5) is 0 Å². The average Bonchev–Trinajstić information content (AvgIpc) is 3.44. The highest BCUT2D eigenvalue weighted by atomic mass is 35.5. The van der Waals surface area contributed by atoms with Crippen molar-refractivity contribution in [2.75, 3.05) is 13.1 Å². The summed E-state index contributed by atoms with van der Waals surface area (Å²) >= 11 is 5.96. The van der Waals surface area contributed by atoms with Crippen molar-refractivity contribution in [3.8, 4) is 0 Å². The van der Waals surface area contributed by atoms with Crippen molar-refractivity contribution in [2.45, 2.75) is 44.7 Å². The zero-order valence-corrected chi connectivity index (χ0v) is 13.6. The molecule has 0 aromatic heterocycles. The van der Waals surface area contributed by atoms with Gasteiger partial charge in [-0.15, -0.1) is 0 Å². The summed E-state index contributed by atoms with van der Waals surface area (Å²) in [5.41, 5.74) is 1.51. The van der Waals surface area contributed by atoms with E-state index in [-0.39, 0.29) is 5.92 Å². The van der Waals surface area contributed by atoms with Crippen LogP contribution in [0.1, 0.15) is 37.7 Å². The lowest BCUT2D eigenvalue weighted by Crippen LogP contribution is -2.37. The minimum absolute atomic E-state index is 0.280. The first-order valence-corrected chi connectivity index (χ1v) is 8.81. The Morgan fingerprint density at radius 2 is 1.91 bits per heavy atom. The predicted octanol–water partition coefficient (Wildman–Crippen LogP) is 3.22. The molecule has 3 fully saturated rings. The standard InChI is InChI=1S/C18H23ClN2O/c19-14-3-1-13(2-4-14)12-21(15-5-6-15)17(22)16-11-18(16)7-9-20-10-8-18/h1-4,15-16,20H,5-12H2. The number of piperidine rings is 1. The van der Waals surface area contributed by atoms with Crippen LogP contribution in [-0.4, -0.2) is 29.9 Å². The summed E-state index contributed by atoms with van der Waals surface area (Å²) < 4.78 is 0. The van der Waals surface area contributed by atoms with Gasteiger partial charge in [0.25, 0.3) is 0 Å². The predicted molar refractivity (Wildman–Crippen MR) is 87.7 cm³/mol. The lowest BCUT2D eigenvalue weighted by atomic mass is 9.91. The van der Waals surface area contributed by atoms with E-state index >= 15 is 0 Å². The van der Waals surface area contributed by atoms with Gasteiger partial charge in [-0.1, -0.05) is 23.7 Å². The smallest absolute Gasteiger partial charge is 0.226 e. The highest BCUT2D eigenvalue weighted by Crippen LogP contribution is 2.59. The zero-order chi connectivity index (χ0) is 15.2. The lowest BCUT2D eigenvalue weighted by Gasteiger charge is -2.27. The third-order valence-corrected chi connectivity index (χ3v) is 5.88. The van der Waals surface area contributed by atoms with Gasteiger partial charge >= 0.3 is 0 Å². The van der Waals surface area contributed by atoms with Crippen LogP contribution in [0.3, 0.4) is 0 Å². The Labute approximate surface area is 137 Å². The van der Waals surface area contributed by atoms with Crippen molar-refractivity contribution in [1.82, 2.24) is 10.2 Å². The van der Waals surface area contributed by atoms with E-state index in [4.69, 9.17) is 11.6 Å². The Bertz CT molecular complexity index is 561. The molecule has 1 atom stereocenters. The molecule has 0 radical (unpaired) electrons. The fourth-order valence-electron chi connectivity index (χ4n) is 3.93. The first kappa shape index (κ1) is 14.5. The molecule has 2 saturated carbocycles. The molecular formula is C18H23ClN2O. The van der Waals surface area contributed by atoms with Gasteiger partial charge in [0.1, 0.15) is 0 Å². The molecule has 1 aliphatic heterocycles. The van der Waals surface area contributed by atoms with E-state index in [1.54, 1.807) is 0 Å². The summed E-state index contributed by atoms with van der Waals surface area (Å²) in [6.07, 6.45) is 5.78. The molecule has 4 heteroatoms. The summed E-state index contributed by atoms with van der Waals surface area (Å²) in [4.78, 5) is 15.2. The second-order valence-corrected chi connectivity index (χ2v) is 7.63. The van der Waals surface area contributed by atoms with Crippen LogP contribution >= 0.6 is 11.6 Å². The number of carbonyl (C=O) groups excluding carboxylic acids is 1. The van der Waals surface area contributed by atoms with Crippen molar-refractivity contribution in [3.05, 3.63) is 34.9 Å². The second kappa shape index (κ2) is 5.54. The van der Waals surface area contributed by atoms with Crippen LogP contribution in [0.5, 0.6) is 0 Å². The van der Waals surface area contributed by atoms with Crippen LogP contribution in [0.15, 0.2) is 24.3 Å². The van der Waals surface area contributed by atoms with Crippen LogP contribution in [-0.2, 0) is 11.3 Å². The van der Waals surface area contributed by atoms with Crippen LogP contribution < -0.4 is 5.32 Å². The van der Waals surface area contributed by atoms with Crippen molar-refractivity contribution < 1.29 is 4.79 Å². The summed E-state index contributed by atoms with van der Waals surface area (Å²) in [6, 6.07) is 8.38. The minimum atomic E-state index is 0.280. The Morgan fingerprint density at radius 1 is 1.23 bits per heavy atom. The van der Waals surface area contributed by atoms with E-state index in [0.717, 1.165) is 31.1 Å². The molecule has 1 spiro atoms. The molecule has 3 nitrogen and oxygen atoms in total. The zero-order valence-electron chi connectivity index (χ0n) is 12.9. The van der Waals surface area contributed by atoms with E-state index < -0.39 is 0 Å². The number of halogens is 1. The molecule has 0 bridgehead atoms. The molecule has 22 heavy (non-hydrogen) atoms. The largest absolute Gasteiger partial charge is 0.335 e. The quantitative estimate of drug-likeness (QED) is 0.924. The molecule has 1 heterocycles. The van der Waals surface area contributed by atoms with E-state index in [1.165, 1.54) is 31.2 Å². The molecule has 3 aliphatic rings. The fourth-order valence-corrected chi connectivity index (χ4v) is 4.06. The van der Waals surface area contributed by atoms with Gasteiger partial charge in [-0.05, 0) is 68.3 Å². The highest BCUT2D eigenvalue weighted by molar-refractivity contribution is 6.30. The van der Waals surface area contributed by atoms with E-state index in [0.29, 0.717) is 17.4 Å². The van der Waals surface area contributed by atoms with Crippen molar-refractivity contribution in [1.29, 1.82) is 0 Å². The van der Waals surface area contributed by atoms with Crippen molar-refractivity contribution in [3.63, 3.8) is 0 Å². The molecule has 1 aromatic carbocycles. The number of nitrogens with one attached hydrogen (secondary N) is 1. The molecule has 1 N–H and O–H groups in total. The molecule has 1 aromatic rings. The van der Waals surface area contributed by atoms with E-state index in [1.807, 2.05) is 24.3 Å². The number of amides is 1. The summed E-state index contributed by atoms with van der Waals surface area (Å²) in [5, 5.41) is 4.17. The molecule has 118 valence electrons. The summed E-state index contributed by atoms with van der Waals surface area (Å²) in [6.45, 7) is 2.89. The van der Waals surface area contributed by atoms with Gasteiger partial charge in [0.15, 0.2) is 0 Å². The summed E-state index contributed by atoms with van der Waals surface area (Å²) in [5.74, 6) is 0.682. The number of benzene rings is 1. The Morgan fingerprint density at radius 3 is 2.55 bits per heavy atom. The van der Waals surface area contributed by atoms with Gasteiger partial charge in [-0.25, -0.2) is 0 Å². The Kier molecular flexibility index (Phi) is 3.66. The van der Waals surface area contributed by atoms with Crippen molar-refractivity contribution in [2.24, 2.45) is 11.3 Å². The molecular weight excluding hydrogens is 296 g/mol. The van der Waals surface area contributed by atoms with Gasteiger partial charge in [0, 0.05) is 23.5 Å². The Balaban J connectivity index is 1.46. The minimum Gasteiger partial charge on any atom is -0.335 e. The monoisotopic (exact) mass is 318 g/mol. The van der Waals surface area contributed by atoms with Crippen molar-refractivity contribution >= 4 is 17.5 Å². The second-order valence-electron chi connectivity index (χ2n) is 7.19. The molecule has 4 rings (SSSR count). The lowest BCUT2D eigenvalue weighted by molar-refractivity contribution is -0.134. The molecule has 1 saturated heterocycles. The maximum absolute atomic E-state index is 13.0. The topological polar surface area (TPSA) is 32.3 Å². The van der Waals surface area contributed by atoms with Gasteiger partial charge < -0.3 is 10.2 Å². The Hall–Kier alpha value is -1.06. The number of carbonyl (C=O) groups is 1. The maximum Gasteiger partial charge on any atom is 0.226 e. The molecule has 1 unspecified atom stereocenters. The van der Waals surface area contributed by atoms with Crippen LogP contribution in [0.25, 0.3) is 0 Å². The van der Waals surface area contributed by atoms with Crippen LogP contribution in [0.2, 0.25) is 5.02 Å². The number of hydrogen-bond donors (Lipinski definition) is 1. The third kappa shape index (κ3) is 2.77. The van der Waals surface area contributed by atoms with E-state index in [2.05, 4.69) is 10.2 Å². The molecule has 1 amide bonds. The maximum atomic E-state index is 13.0. The first-order valence-electron chi connectivity index (χ1n) is 8.44. The number of nitrogens with zero attached hydrogens (tertiary/aromatic N) is 1. The fraction of sp³-hybridized carbons (Fsp3) is 0.611. The van der Waals surface area contributed by atoms with Gasteiger partial charge in [-0.2, -0.15) is 0 Å². The normalized spacial score (nSPS) is 26.0. The number of hydrogen-bond acceptors (Lipinski definition) is 2. The SMILES string of the molecule is O=C(C1CC12CCNCC2)N(Cc1ccc(Cl)cc1)C1CC1. The summed E-state index contributed by atoms with van der Waals surface area (Å²) in [7, 11) is 0. The number of rotatable bonds is 4. The molecule has 2 aliphatic carbocycles. The first-order chi connectivity index (χ1) is 10.7. The third-order valence-electron chi connectivity index (χ3n) is 5.62. The highest BCUT2D eigenvalue weighted by Gasteiger charge is 2.59. The van der Waals surface area contributed by atoms with Gasteiger partial charge in [-0.3, -0.25) is 4.79 Å². The van der Waals surface area contributed by atoms with Gasteiger partial charge in [0.05, 0.1) is 0 Å². The van der Waals surface area contributed by atoms with Crippen LogP contribution in [0, 0.1) is 11.3 Å². The van der Waals surface area contributed by atoms with E-state index in [9.17, 15) is 4.79 Å².